The molecule has 2 aliphatic rings. The molecular formula is C49H42N4. The van der Waals surface area contributed by atoms with Crippen LogP contribution in [0, 0.1) is 0 Å². The summed E-state index contributed by atoms with van der Waals surface area (Å²) in [6, 6.07) is 46.4. The molecule has 0 N–H and O–H groups in total. The maximum atomic E-state index is 4.98. The molecule has 4 heteroatoms. The fourth-order valence-corrected chi connectivity index (χ4v) is 8.56. The van der Waals surface area contributed by atoms with Crippen molar-refractivity contribution in [3.8, 4) is 11.1 Å². The topological polar surface area (TPSA) is 32.9 Å². The number of benzene rings is 6. The van der Waals surface area contributed by atoms with E-state index < -0.39 is 0 Å². The van der Waals surface area contributed by atoms with Crippen LogP contribution in [0.5, 0.6) is 0 Å². The number of para-hydroxylation sites is 3. The second-order valence-electron chi connectivity index (χ2n) is 14.4. The quantitative estimate of drug-likeness (QED) is 0.154. The zero-order valence-electron chi connectivity index (χ0n) is 30.6. The molecule has 1 aromatic heterocycles. The SMILES string of the molecule is C=N/C(=C\C(=NCC)C1=CC=CCC1)n1c2ccc3ccccc3c2c2cccc(-c3ccc4c(c3)C(C)(C)c3ccccc3N4c3ccccc3)c21. The van der Waals surface area contributed by atoms with E-state index in [1.807, 2.05) is 0 Å². The summed E-state index contributed by atoms with van der Waals surface area (Å²) in [5.41, 5.74) is 12.6. The average Bonchev–Trinajstić information content (AvgIpc) is 3.55. The number of nitrogens with zero attached hydrogens (tertiary/aromatic N) is 4. The summed E-state index contributed by atoms with van der Waals surface area (Å²) in [6.45, 7) is 11.6. The maximum Gasteiger partial charge on any atom is 0.138 e. The van der Waals surface area contributed by atoms with E-state index in [-0.39, 0.29) is 5.41 Å². The van der Waals surface area contributed by atoms with Crippen molar-refractivity contribution in [3.63, 3.8) is 0 Å². The Balaban J connectivity index is 1.33. The summed E-state index contributed by atoms with van der Waals surface area (Å²) in [5, 5.41) is 4.83. The zero-order chi connectivity index (χ0) is 36.1. The fraction of sp³-hybridized carbons (Fsp3) is 0.143. The first kappa shape index (κ1) is 32.6. The number of allylic oxidation sites excluding steroid dienone is 5. The summed E-state index contributed by atoms with van der Waals surface area (Å²) in [5.74, 6) is 0.762. The molecule has 0 fully saturated rings. The van der Waals surface area contributed by atoms with Crippen molar-refractivity contribution in [3.05, 3.63) is 168 Å². The van der Waals surface area contributed by atoms with E-state index >= 15 is 0 Å². The third-order valence-electron chi connectivity index (χ3n) is 11.1. The molecule has 6 aromatic carbocycles. The van der Waals surface area contributed by atoms with E-state index in [1.54, 1.807) is 0 Å². The van der Waals surface area contributed by atoms with E-state index in [0.717, 1.165) is 52.2 Å². The van der Waals surface area contributed by atoms with E-state index in [0.29, 0.717) is 6.54 Å². The molecule has 0 radical (unpaired) electrons. The van der Waals surface area contributed by atoms with Gasteiger partial charge < -0.3 is 4.90 Å². The lowest BCUT2D eigenvalue weighted by molar-refractivity contribution is 0.632. The number of aromatic nitrogens is 1. The number of rotatable bonds is 7. The normalized spacial score (nSPS) is 15.5. The molecule has 258 valence electrons. The lowest BCUT2D eigenvalue weighted by atomic mass is 9.73. The molecule has 0 spiro atoms. The lowest BCUT2D eigenvalue weighted by Gasteiger charge is -2.42. The molecule has 0 saturated carbocycles. The van der Waals surface area contributed by atoms with Gasteiger partial charge in [0.25, 0.3) is 0 Å². The first-order chi connectivity index (χ1) is 26.0. The van der Waals surface area contributed by atoms with Gasteiger partial charge in [0.05, 0.1) is 28.1 Å². The van der Waals surface area contributed by atoms with Crippen molar-refractivity contribution in [1.29, 1.82) is 0 Å². The molecule has 9 rings (SSSR count). The summed E-state index contributed by atoms with van der Waals surface area (Å²) in [7, 11) is 0. The van der Waals surface area contributed by atoms with Gasteiger partial charge in [0.15, 0.2) is 0 Å². The van der Waals surface area contributed by atoms with Crippen LogP contribution in [0.15, 0.2) is 167 Å². The minimum Gasteiger partial charge on any atom is -0.310 e. The fourth-order valence-electron chi connectivity index (χ4n) is 8.56. The molecule has 0 amide bonds. The van der Waals surface area contributed by atoms with Gasteiger partial charge in [-0.15, -0.1) is 0 Å². The molecule has 1 aliphatic carbocycles. The van der Waals surface area contributed by atoms with E-state index in [2.05, 4.69) is 189 Å². The monoisotopic (exact) mass is 686 g/mol. The number of fused-ring (bicyclic) bond motifs is 7. The van der Waals surface area contributed by atoms with Gasteiger partial charge in [0, 0.05) is 40.1 Å². The van der Waals surface area contributed by atoms with Gasteiger partial charge in [-0.25, -0.2) is 4.99 Å². The van der Waals surface area contributed by atoms with Crippen molar-refractivity contribution >= 4 is 67.9 Å². The highest BCUT2D eigenvalue weighted by molar-refractivity contribution is 6.24. The Labute approximate surface area is 311 Å². The van der Waals surface area contributed by atoms with Crippen LogP contribution in [-0.2, 0) is 5.41 Å². The predicted molar refractivity (Wildman–Crippen MR) is 227 cm³/mol. The van der Waals surface area contributed by atoms with Crippen molar-refractivity contribution in [2.45, 2.75) is 39.0 Å². The Morgan fingerprint density at radius 2 is 1.57 bits per heavy atom. The Hall–Kier alpha value is -6.26. The zero-order valence-corrected chi connectivity index (χ0v) is 30.6. The van der Waals surface area contributed by atoms with Crippen LogP contribution in [0.25, 0.3) is 49.5 Å². The Kier molecular flexibility index (Phi) is 8.04. The van der Waals surface area contributed by atoms with Gasteiger partial charge in [0.1, 0.15) is 5.82 Å². The summed E-state index contributed by atoms with van der Waals surface area (Å²) in [4.78, 5) is 12.2. The van der Waals surface area contributed by atoms with E-state index in [4.69, 9.17) is 9.98 Å². The summed E-state index contributed by atoms with van der Waals surface area (Å²) < 4.78 is 2.32. The highest BCUT2D eigenvalue weighted by atomic mass is 15.2. The first-order valence-corrected chi connectivity index (χ1v) is 18.6. The standard InChI is InChI=1S/C49H42N4/c1-5-51-42(34-18-8-6-9-19-34)32-46(50-4)53-45-30-27-33-17-12-13-22-37(33)47(45)39-24-16-23-38(48(39)53)35-28-29-44-41(31-35)49(2,3)40-25-14-15-26-43(40)52(44)36-20-10-7-11-21-36/h6-8,10-18,20-32H,4-5,9,19H2,1-3H3/b46-32+,51-42?. The Morgan fingerprint density at radius 3 is 2.38 bits per heavy atom. The smallest absolute Gasteiger partial charge is 0.138 e. The van der Waals surface area contributed by atoms with Crippen LogP contribution in [0.4, 0.5) is 17.1 Å². The molecular weight excluding hydrogens is 645 g/mol. The van der Waals surface area contributed by atoms with Crippen molar-refractivity contribution in [2.24, 2.45) is 9.98 Å². The van der Waals surface area contributed by atoms with Gasteiger partial charge in [-0.2, -0.15) is 0 Å². The molecule has 0 saturated heterocycles. The Morgan fingerprint density at radius 1 is 0.792 bits per heavy atom. The first-order valence-electron chi connectivity index (χ1n) is 18.6. The molecule has 0 atom stereocenters. The van der Waals surface area contributed by atoms with E-state index in [9.17, 15) is 0 Å². The van der Waals surface area contributed by atoms with Crippen LogP contribution in [0.1, 0.15) is 44.7 Å². The van der Waals surface area contributed by atoms with Gasteiger partial charge in [-0.3, -0.25) is 9.56 Å². The molecule has 4 nitrogen and oxygen atoms in total. The second-order valence-corrected chi connectivity index (χ2v) is 14.4. The maximum absolute atomic E-state index is 4.98. The third-order valence-corrected chi connectivity index (χ3v) is 11.1. The molecule has 2 heterocycles. The minimum atomic E-state index is -0.231. The van der Waals surface area contributed by atoms with Crippen molar-refractivity contribution < 1.29 is 0 Å². The lowest BCUT2D eigenvalue weighted by Crippen LogP contribution is -2.30. The van der Waals surface area contributed by atoms with Gasteiger partial charge >= 0.3 is 0 Å². The largest absolute Gasteiger partial charge is 0.310 e. The summed E-state index contributed by atoms with van der Waals surface area (Å²) in [6.07, 6.45) is 10.6. The molecule has 7 aromatic rings. The number of aliphatic imine (C=N–C) groups is 2. The van der Waals surface area contributed by atoms with Crippen LogP contribution < -0.4 is 4.90 Å². The van der Waals surface area contributed by atoms with Crippen molar-refractivity contribution in [2.75, 3.05) is 11.4 Å². The van der Waals surface area contributed by atoms with Crippen molar-refractivity contribution in [1.82, 2.24) is 4.57 Å². The number of anilines is 3. The Bertz CT molecular complexity index is 2700. The number of hydrogen-bond donors (Lipinski definition) is 0. The second kappa shape index (κ2) is 13.1. The van der Waals surface area contributed by atoms with Crippen LogP contribution in [0.3, 0.4) is 0 Å². The molecule has 0 unspecified atom stereocenters. The van der Waals surface area contributed by atoms with Gasteiger partial charge in [0.2, 0.25) is 0 Å². The van der Waals surface area contributed by atoms with Crippen LogP contribution in [0.2, 0.25) is 0 Å². The predicted octanol–water partition coefficient (Wildman–Crippen LogP) is 13.0. The van der Waals surface area contributed by atoms with Gasteiger partial charge in [-0.1, -0.05) is 123 Å². The summed E-state index contributed by atoms with van der Waals surface area (Å²) >= 11 is 0. The van der Waals surface area contributed by atoms with Gasteiger partial charge in [-0.05, 0) is 95.9 Å². The van der Waals surface area contributed by atoms with Crippen LogP contribution >= 0.6 is 0 Å². The highest BCUT2D eigenvalue weighted by Gasteiger charge is 2.37. The highest BCUT2D eigenvalue weighted by Crippen LogP contribution is 2.53. The third kappa shape index (κ3) is 5.28. The minimum absolute atomic E-state index is 0.231. The molecule has 53 heavy (non-hydrogen) atoms. The van der Waals surface area contributed by atoms with E-state index in [1.165, 1.54) is 49.6 Å². The molecule has 0 bridgehead atoms. The average molecular weight is 687 g/mol. The molecule has 1 aliphatic heterocycles. The van der Waals surface area contributed by atoms with Crippen LogP contribution in [-0.4, -0.2) is 23.5 Å². The number of hydrogen-bond acceptors (Lipinski definition) is 3.